The van der Waals surface area contributed by atoms with Crippen LogP contribution in [0, 0.1) is 5.41 Å². The molecule has 2 heterocycles. The second-order valence-corrected chi connectivity index (χ2v) is 8.91. The van der Waals surface area contributed by atoms with Gasteiger partial charge in [-0.2, -0.15) is 13.2 Å². The molecule has 2 aliphatic heterocycles. The van der Waals surface area contributed by atoms with Gasteiger partial charge in [0.05, 0.1) is 18.8 Å². The van der Waals surface area contributed by atoms with Gasteiger partial charge in [-0.05, 0) is 23.5 Å². The third-order valence-corrected chi connectivity index (χ3v) is 6.03. The second-order valence-electron chi connectivity index (χ2n) is 8.91. The topological polar surface area (TPSA) is 49.9 Å². The quantitative estimate of drug-likeness (QED) is 0.725. The zero-order chi connectivity index (χ0) is 21.7. The Morgan fingerprint density at radius 1 is 1.07 bits per heavy atom. The van der Waals surface area contributed by atoms with Crippen LogP contribution in [-0.4, -0.2) is 48.0 Å². The van der Waals surface area contributed by atoms with Crippen LogP contribution in [0.25, 0.3) is 0 Å². The van der Waals surface area contributed by atoms with Gasteiger partial charge in [0.15, 0.2) is 5.78 Å². The predicted octanol–water partition coefficient (Wildman–Crippen LogP) is 3.91. The van der Waals surface area contributed by atoms with Gasteiger partial charge in [0, 0.05) is 43.1 Å². The molecule has 1 aromatic rings. The average Bonchev–Trinajstić information content (AvgIpc) is 2.66. The number of allylic oxidation sites excluding steroid dienone is 2. The van der Waals surface area contributed by atoms with Crippen molar-refractivity contribution in [3.8, 4) is 0 Å². The van der Waals surface area contributed by atoms with Crippen LogP contribution < -0.4 is 0 Å². The monoisotopic (exact) mass is 422 g/mol. The molecular weight excluding hydrogens is 397 g/mol. The molecule has 4 rings (SSSR count). The zero-order valence-electron chi connectivity index (χ0n) is 17.1. The number of Topliss-reactive ketones (excluding diaryl/α,β-unsaturated/α-hetero) is 1. The van der Waals surface area contributed by atoms with E-state index in [9.17, 15) is 22.8 Å². The summed E-state index contributed by atoms with van der Waals surface area (Å²) in [6.45, 7) is 5.82. The number of benzene rings is 1. The standard InChI is InChI=1S/C22H25F3N2O3/c1-21(2)12-17-20(18(28)13-21)15(14-5-3-4-6-16(14)22(23,24)25)11-19(29)27(17)26-7-9-30-10-8-26/h3-6,15H,7-13H2,1-2H3. The largest absolute Gasteiger partial charge is 0.416 e. The minimum atomic E-state index is -4.56. The van der Waals surface area contributed by atoms with E-state index < -0.39 is 17.7 Å². The first-order chi connectivity index (χ1) is 14.1. The minimum Gasteiger partial charge on any atom is -0.379 e. The normalized spacial score (nSPS) is 25.5. The van der Waals surface area contributed by atoms with E-state index >= 15 is 0 Å². The first-order valence-corrected chi connectivity index (χ1v) is 10.2. The van der Waals surface area contributed by atoms with Crippen molar-refractivity contribution in [3.63, 3.8) is 0 Å². The maximum Gasteiger partial charge on any atom is 0.416 e. The molecule has 1 saturated heterocycles. The molecule has 1 amide bonds. The Labute approximate surface area is 173 Å². The summed E-state index contributed by atoms with van der Waals surface area (Å²) in [6.07, 6.45) is -4.00. The second kappa shape index (κ2) is 7.50. The van der Waals surface area contributed by atoms with Gasteiger partial charge in [-0.15, -0.1) is 0 Å². The van der Waals surface area contributed by atoms with Crippen molar-refractivity contribution in [3.05, 3.63) is 46.7 Å². The smallest absolute Gasteiger partial charge is 0.379 e. The molecule has 30 heavy (non-hydrogen) atoms. The van der Waals surface area contributed by atoms with Crippen LogP contribution in [0.15, 0.2) is 35.5 Å². The highest BCUT2D eigenvalue weighted by Crippen LogP contribution is 2.49. The van der Waals surface area contributed by atoms with Crippen LogP contribution in [0.4, 0.5) is 13.2 Å². The number of nitrogens with zero attached hydrogens (tertiary/aromatic N) is 2. The molecule has 1 atom stereocenters. The highest BCUT2D eigenvalue weighted by Gasteiger charge is 2.47. The van der Waals surface area contributed by atoms with Gasteiger partial charge in [-0.1, -0.05) is 32.0 Å². The summed E-state index contributed by atoms with van der Waals surface area (Å²) in [4.78, 5) is 26.4. The van der Waals surface area contributed by atoms with Crippen molar-refractivity contribution in [1.82, 2.24) is 10.0 Å². The van der Waals surface area contributed by atoms with E-state index in [1.54, 1.807) is 5.01 Å². The zero-order valence-corrected chi connectivity index (χ0v) is 17.1. The van der Waals surface area contributed by atoms with Gasteiger partial charge in [0.2, 0.25) is 5.91 Å². The lowest BCUT2D eigenvalue weighted by Crippen LogP contribution is -2.55. The minimum absolute atomic E-state index is 0.000494. The highest BCUT2D eigenvalue weighted by molar-refractivity contribution is 6.02. The number of carbonyl (C=O) groups is 2. The van der Waals surface area contributed by atoms with Crippen LogP contribution in [-0.2, 0) is 20.5 Å². The SMILES string of the molecule is CC1(C)CC(=O)C2=C(C1)N(N1CCOCC1)C(=O)CC2c1ccccc1C(F)(F)F. The van der Waals surface area contributed by atoms with Gasteiger partial charge >= 0.3 is 6.18 Å². The Morgan fingerprint density at radius 2 is 1.73 bits per heavy atom. The van der Waals surface area contributed by atoms with E-state index in [0.717, 1.165) is 6.07 Å². The lowest BCUT2D eigenvalue weighted by molar-refractivity contribution is -0.155. The van der Waals surface area contributed by atoms with Gasteiger partial charge < -0.3 is 4.74 Å². The Bertz CT molecular complexity index is 901. The number of ketones is 1. The average molecular weight is 422 g/mol. The molecule has 1 aliphatic carbocycles. The Morgan fingerprint density at radius 3 is 2.40 bits per heavy atom. The van der Waals surface area contributed by atoms with Gasteiger partial charge in [0.25, 0.3) is 0 Å². The first-order valence-electron chi connectivity index (χ1n) is 10.2. The van der Waals surface area contributed by atoms with Crippen molar-refractivity contribution < 1.29 is 27.5 Å². The molecule has 0 saturated carbocycles. The molecule has 5 nitrogen and oxygen atoms in total. The molecule has 0 radical (unpaired) electrons. The first kappa shape index (κ1) is 21.1. The number of rotatable bonds is 2. The maximum absolute atomic E-state index is 13.7. The van der Waals surface area contributed by atoms with Crippen LogP contribution in [0.5, 0.6) is 0 Å². The van der Waals surface area contributed by atoms with Crippen molar-refractivity contribution in [2.24, 2.45) is 5.41 Å². The highest BCUT2D eigenvalue weighted by atomic mass is 19.4. The fourth-order valence-electron chi connectivity index (χ4n) is 4.81. The summed E-state index contributed by atoms with van der Waals surface area (Å²) in [5, 5.41) is 3.42. The fourth-order valence-corrected chi connectivity index (χ4v) is 4.81. The fraction of sp³-hybridized carbons (Fsp3) is 0.545. The molecule has 0 N–H and O–H groups in total. The summed E-state index contributed by atoms with van der Waals surface area (Å²) >= 11 is 0. The lowest BCUT2D eigenvalue weighted by atomic mass is 9.69. The summed E-state index contributed by atoms with van der Waals surface area (Å²) in [7, 11) is 0. The van der Waals surface area contributed by atoms with Crippen LogP contribution in [0.2, 0.25) is 0 Å². The molecule has 0 aromatic heterocycles. The number of amides is 1. The molecule has 1 unspecified atom stereocenters. The van der Waals surface area contributed by atoms with Crippen molar-refractivity contribution >= 4 is 11.7 Å². The number of carbonyl (C=O) groups excluding carboxylic acids is 2. The Balaban J connectivity index is 1.87. The third kappa shape index (κ3) is 3.78. The summed E-state index contributed by atoms with van der Waals surface area (Å²) in [5.74, 6) is -1.33. The molecule has 1 fully saturated rings. The molecular formula is C22H25F3N2O3. The number of alkyl halides is 3. The summed E-state index contributed by atoms with van der Waals surface area (Å²) < 4.78 is 46.5. The van der Waals surface area contributed by atoms with E-state index in [4.69, 9.17) is 4.74 Å². The van der Waals surface area contributed by atoms with Gasteiger partial charge in [0.1, 0.15) is 0 Å². The van der Waals surface area contributed by atoms with Gasteiger partial charge in [-0.25, -0.2) is 10.0 Å². The number of halogens is 3. The van der Waals surface area contributed by atoms with Crippen LogP contribution in [0.3, 0.4) is 0 Å². The molecule has 1 aromatic carbocycles. The Hall–Kier alpha value is -2.19. The number of hydrogen-bond acceptors (Lipinski definition) is 4. The third-order valence-electron chi connectivity index (χ3n) is 6.03. The number of hydrogen-bond donors (Lipinski definition) is 0. The molecule has 3 aliphatic rings. The van der Waals surface area contributed by atoms with Crippen molar-refractivity contribution in [2.75, 3.05) is 26.3 Å². The number of morpholine rings is 1. The van der Waals surface area contributed by atoms with E-state index in [1.165, 1.54) is 18.2 Å². The van der Waals surface area contributed by atoms with Crippen LogP contribution >= 0.6 is 0 Å². The predicted molar refractivity (Wildman–Crippen MR) is 103 cm³/mol. The molecule has 0 spiro atoms. The Kier molecular flexibility index (Phi) is 5.26. The van der Waals surface area contributed by atoms with Crippen molar-refractivity contribution in [2.45, 2.75) is 45.2 Å². The lowest BCUT2D eigenvalue weighted by Gasteiger charge is -2.47. The molecule has 0 bridgehead atoms. The van der Waals surface area contributed by atoms with E-state index in [2.05, 4.69) is 0 Å². The van der Waals surface area contributed by atoms with E-state index in [0.29, 0.717) is 44.0 Å². The summed E-state index contributed by atoms with van der Waals surface area (Å²) in [5.41, 5.74) is -0.243. The number of ether oxygens (including phenoxy) is 1. The van der Waals surface area contributed by atoms with E-state index in [1.807, 2.05) is 18.9 Å². The summed E-state index contributed by atoms with van der Waals surface area (Å²) in [6, 6.07) is 5.27. The van der Waals surface area contributed by atoms with E-state index in [-0.39, 0.29) is 35.5 Å². The number of hydrazine groups is 1. The van der Waals surface area contributed by atoms with Gasteiger partial charge in [-0.3, -0.25) is 9.59 Å². The molecule has 8 heteroatoms. The maximum atomic E-state index is 13.7. The molecule has 162 valence electrons. The van der Waals surface area contributed by atoms with Crippen LogP contribution in [0.1, 0.15) is 50.2 Å². The van der Waals surface area contributed by atoms with Crippen molar-refractivity contribution in [1.29, 1.82) is 0 Å².